The van der Waals surface area contributed by atoms with E-state index < -0.39 is 0 Å². The summed E-state index contributed by atoms with van der Waals surface area (Å²) in [6.07, 6.45) is 11.8. The maximum absolute atomic E-state index is 5.01. The van der Waals surface area contributed by atoms with E-state index in [1.165, 1.54) is 25.7 Å². The van der Waals surface area contributed by atoms with Gasteiger partial charge in [-0.2, -0.15) is 10.1 Å². The molecular formula is C24H30N6. The highest BCUT2D eigenvalue weighted by atomic mass is 15.2. The van der Waals surface area contributed by atoms with Crippen LogP contribution in [0.25, 0.3) is 27.7 Å². The summed E-state index contributed by atoms with van der Waals surface area (Å²) in [6.45, 7) is 6.84. The van der Waals surface area contributed by atoms with Crippen LogP contribution < -0.4 is 5.32 Å². The molecule has 0 aromatic carbocycles. The van der Waals surface area contributed by atoms with Crippen LogP contribution >= 0.6 is 0 Å². The average molecular weight is 403 g/mol. The van der Waals surface area contributed by atoms with E-state index in [1.807, 2.05) is 23.0 Å². The zero-order chi connectivity index (χ0) is 20.7. The highest BCUT2D eigenvalue weighted by molar-refractivity contribution is 5.96. The number of aromatic nitrogens is 5. The summed E-state index contributed by atoms with van der Waals surface area (Å²) < 4.78 is 1.89. The van der Waals surface area contributed by atoms with E-state index in [0.717, 1.165) is 51.7 Å². The van der Waals surface area contributed by atoms with Crippen molar-refractivity contribution in [2.75, 3.05) is 5.32 Å². The molecule has 1 aliphatic rings. The van der Waals surface area contributed by atoms with Crippen LogP contribution in [-0.4, -0.2) is 30.6 Å². The second-order valence-corrected chi connectivity index (χ2v) is 9.24. The lowest BCUT2D eigenvalue weighted by atomic mass is 9.87. The van der Waals surface area contributed by atoms with E-state index in [4.69, 9.17) is 9.97 Å². The smallest absolute Gasteiger partial charge is 0.225 e. The van der Waals surface area contributed by atoms with Gasteiger partial charge in [0.2, 0.25) is 5.95 Å². The topological polar surface area (TPSA) is 70.9 Å². The van der Waals surface area contributed by atoms with Crippen molar-refractivity contribution in [3.05, 3.63) is 42.5 Å². The molecule has 0 aliphatic heterocycles. The van der Waals surface area contributed by atoms with Crippen molar-refractivity contribution in [2.45, 2.75) is 58.9 Å². The van der Waals surface area contributed by atoms with Gasteiger partial charge in [-0.1, -0.05) is 20.8 Å². The van der Waals surface area contributed by atoms with E-state index in [2.05, 4.69) is 54.5 Å². The van der Waals surface area contributed by atoms with Crippen LogP contribution in [0.2, 0.25) is 0 Å². The minimum atomic E-state index is 0.476. The second kappa shape index (κ2) is 7.74. The summed E-state index contributed by atoms with van der Waals surface area (Å²) in [5, 5.41) is 9.07. The van der Waals surface area contributed by atoms with E-state index in [9.17, 15) is 0 Å². The molecule has 1 saturated carbocycles. The summed E-state index contributed by atoms with van der Waals surface area (Å²) in [6, 6.07) is 6.78. The Hall–Kier alpha value is -2.89. The van der Waals surface area contributed by atoms with Crippen LogP contribution in [-0.2, 0) is 6.42 Å². The molecule has 30 heavy (non-hydrogen) atoms. The highest BCUT2D eigenvalue weighted by Gasteiger charge is 2.21. The van der Waals surface area contributed by atoms with Crippen LogP contribution in [0.3, 0.4) is 0 Å². The van der Waals surface area contributed by atoms with E-state index in [1.54, 1.807) is 0 Å². The number of rotatable bonds is 5. The zero-order valence-electron chi connectivity index (χ0n) is 18.0. The number of hydrogen-bond donors (Lipinski definition) is 2. The third kappa shape index (κ3) is 3.66. The Balaban J connectivity index is 1.54. The van der Waals surface area contributed by atoms with Crippen LogP contribution in [0.5, 0.6) is 0 Å². The molecule has 156 valence electrons. The van der Waals surface area contributed by atoms with Crippen LogP contribution in [0.1, 0.15) is 52.1 Å². The number of nitrogens with zero attached hydrogens (tertiary/aromatic N) is 4. The Bertz CT molecular complexity index is 1160. The molecule has 6 nitrogen and oxygen atoms in total. The molecule has 1 aliphatic carbocycles. The molecular weight excluding hydrogens is 372 g/mol. The van der Waals surface area contributed by atoms with Gasteiger partial charge in [-0.25, -0.2) is 9.50 Å². The van der Waals surface area contributed by atoms with Gasteiger partial charge < -0.3 is 10.3 Å². The van der Waals surface area contributed by atoms with Gasteiger partial charge in [0.05, 0.1) is 11.2 Å². The lowest BCUT2D eigenvalue weighted by molar-refractivity contribution is 0.360. The van der Waals surface area contributed by atoms with Gasteiger partial charge in [0.1, 0.15) is 5.65 Å². The van der Waals surface area contributed by atoms with Gasteiger partial charge in [0, 0.05) is 35.6 Å². The Morgan fingerprint density at radius 3 is 2.80 bits per heavy atom. The number of anilines is 1. The van der Waals surface area contributed by atoms with Crippen molar-refractivity contribution in [1.29, 1.82) is 0 Å². The van der Waals surface area contributed by atoms with Crippen molar-refractivity contribution in [3.63, 3.8) is 0 Å². The number of H-pyrrole nitrogens is 1. The predicted octanol–water partition coefficient (Wildman–Crippen LogP) is 5.46. The number of hydrogen-bond acceptors (Lipinski definition) is 4. The summed E-state index contributed by atoms with van der Waals surface area (Å²) >= 11 is 0. The molecule has 2 N–H and O–H groups in total. The number of nitrogens with one attached hydrogen (secondary N) is 2. The van der Waals surface area contributed by atoms with E-state index in [-0.39, 0.29) is 0 Å². The van der Waals surface area contributed by atoms with E-state index >= 15 is 0 Å². The van der Waals surface area contributed by atoms with Gasteiger partial charge in [-0.15, -0.1) is 0 Å². The SMILES string of the molecule is CC(C)Cc1nc(NC2CCC(C)CC2)nc2[nH]cc(-c3ccn4nccc4c3)c12. The molecule has 0 radical (unpaired) electrons. The fourth-order valence-corrected chi connectivity index (χ4v) is 4.61. The van der Waals surface area contributed by atoms with Crippen LogP contribution in [0, 0.1) is 11.8 Å². The standard InChI is InChI=1S/C24H30N6/c1-15(2)12-21-22-20(17-9-11-30-19(13-17)8-10-26-30)14-25-23(22)29-24(28-21)27-18-6-4-16(3)5-7-18/h8-11,13-16,18H,4-7,12H2,1-3H3,(H2,25,27,28,29). The first-order valence-electron chi connectivity index (χ1n) is 11.1. The monoisotopic (exact) mass is 402 g/mol. The Morgan fingerprint density at radius 1 is 1.17 bits per heavy atom. The second-order valence-electron chi connectivity index (χ2n) is 9.24. The average Bonchev–Trinajstić information content (AvgIpc) is 3.35. The summed E-state index contributed by atoms with van der Waals surface area (Å²) in [5.41, 5.74) is 5.42. The molecule has 0 atom stereocenters. The van der Waals surface area contributed by atoms with E-state index in [0.29, 0.717) is 12.0 Å². The third-order valence-electron chi connectivity index (χ3n) is 6.27. The van der Waals surface area contributed by atoms with Gasteiger partial charge in [0.25, 0.3) is 0 Å². The Kier molecular flexibility index (Phi) is 4.93. The summed E-state index contributed by atoms with van der Waals surface area (Å²) in [7, 11) is 0. The fraction of sp³-hybridized carbons (Fsp3) is 0.458. The normalized spacial score (nSPS) is 19.7. The maximum Gasteiger partial charge on any atom is 0.225 e. The van der Waals surface area contributed by atoms with Crippen LogP contribution in [0.15, 0.2) is 36.8 Å². The van der Waals surface area contributed by atoms with Crippen molar-refractivity contribution in [2.24, 2.45) is 11.8 Å². The van der Waals surface area contributed by atoms with Gasteiger partial charge in [-0.05, 0) is 67.7 Å². The molecule has 0 saturated heterocycles. The predicted molar refractivity (Wildman–Crippen MR) is 122 cm³/mol. The molecule has 0 bridgehead atoms. The minimum absolute atomic E-state index is 0.476. The molecule has 6 heteroatoms. The molecule has 4 aromatic rings. The van der Waals surface area contributed by atoms with Gasteiger partial charge in [0.15, 0.2) is 0 Å². The first-order chi connectivity index (χ1) is 14.6. The molecule has 0 unspecified atom stereocenters. The van der Waals surface area contributed by atoms with Gasteiger partial charge >= 0.3 is 0 Å². The quantitative estimate of drug-likeness (QED) is 0.465. The number of fused-ring (bicyclic) bond motifs is 2. The fourth-order valence-electron chi connectivity index (χ4n) is 4.61. The lowest BCUT2D eigenvalue weighted by Gasteiger charge is -2.27. The number of aromatic amines is 1. The largest absolute Gasteiger partial charge is 0.351 e. The molecule has 4 heterocycles. The van der Waals surface area contributed by atoms with Crippen molar-refractivity contribution in [3.8, 4) is 11.1 Å². The summed E-state index contributed by atoms with van der Waals surface area (Å²) in [5.74, 6) is 2.12. The van der Waals surface area contributed by atoms with Crippen molar-refractivity contribution < 1.29 is 0 Å². The Morgan fingerprint density at radius 2 is 2.00 bits per heavy atom. The van der Waals surface area contributed by atoms with Gasteiger partial charge in [-0.3, -0.25) is 0 Å². The van der Waals surface area contributed by atoms with Crippen LogP contribution in [0.4, 0.5) is 5.95 Å². The first kappa shape index (κ1) is 19.1. The molecule has 0 spiro atoms. The lowest BCUT2D eigenvalue weighted by Crippen LogP contribution is -2.26. The molecule has 4 aromatic heterocycles. The maximum atomic E-state index is 5.01. The summed E-state index contributed by atoms with van der Waals surface area (Å²) in [4.78, 5) is 13.3. The zero-order valence-corrected chi connectivity index (χ0v) is 18.0. The molecule has 1 fully saturated rings. The Labute approximate surface area is 177 Å². The highest BCUT2D eigenvalue weighted by Crippen LogP contribution is 2.33. The first-order valence-corrected chi connectivity index (χ1v) is 11.1. The third-order valence-corrected chi connectivity index (χ3v) is 6.27. The van der Waals surface area contributed by atoms with Crippen molar-refractivity contribution >= 4 is 22.5 Å². The number of pyridine rings is 1. The molecule has 5 rings (SSSR count). The van der Waals surface area contributed by atoms with Crippen molar-refractivity contribution in [1.82, 2.24) is 24.6 Å². The molecule has 0 amide bonds. The minimum Gasteiger partial charge on any atom is -0.351 e.